The number of fused-ring (bicyclic) bond motifs is 3. The van der Waals surface area contributed by atoms with Gasteiger partial charge in [0.15, 0.2) is 17.3 Å². The van der Waals surface area contributed by atoms with Crippen LogP contribution in [0.2, 0.25) is 0 Å². The van der Waals surface area contributed by atoms with E-state index in [1.165, 1.54) is 32.9 Å². The first-order chi connectivity index (χ1) is 26.0. The summed E-state index contributed by atoms with van der Waals surface area (Å²) in [6.07, 6.45) is -4.17. The van der Waals surface area contributed by atoms with Crippen molar-refractivity contribution in [1.29, 1.82) is 0 Å². The zero-order chi connectivity index (χ0) is 41.1. The van der Waals surface area contributed by atoms with E-state index in [0.29, 0.717) is 44.9 Å². The van der Waals surface area contributed by atoms with Crippen molar-refractivity contribution < 1.29 is 74.7 Å². The van der Waals surface area contributed by atoms with Crippen molar-refractivity contribution in [2.24, 2.45) is 46.4 Å². The molecule has 0 aromatic rings. The van der Waals surface area contributed by atoms with Crippen LogP contribution in [0.1, 0.15) is 99.8 Å². The fourth-order valence-corrected chi connectivity index (χ4v) is 10.6. The van der Waals surface area contributed by atoms with Crippen LogP contribution < -0.4 is 0 Å². The maximum absolute atomic E-state index is 15.1. The van der Waals surface area contributed by atoms with Crippen LogP contribution in [-0.2, 0) is 43.2 Å². The molecule has 2 bridgehead atoms. The Hall–Kier alpha value is -1.99. The molecule has 0 radical (unpaired) electrons. The van der Waals surface area contributed by atoms with E-state index in [-0.39, 0.29) is 54.8 Å². The number of hydrogen-bond donors (Lipinski definition) is 1. The van der Waals surface area contributed by atoms with Crippen molar-refractivity contribution in [2.45, 2.75) is 147 Å². The number of halogens is 6. The van der Waals surface area contributed by atoms with Crippen LogP contribution in [0.5, 0.6) is 0 Å². The molecule has 11 nitrogen and oxygen atoms in total. The lowest BCUT2D eigenvalue weighted by Gasteiger charge is -2.57. The molecule has 7 rings (SSSR count). The second-order valence-corrected chi connectivity index (χ2v) is 17.3. The zero-order valence-electron chi connectivity index (χ0n) is 33.4. The quantitative estimate of drug-likeness (QED) is 0.0576. The van der Waals surface area contributed by atoms with Gasteiger partial charge in [0.25, 0.3) is 5.72 Å². The van der Waals surface area contributed by atoms with E-state index in [0.717, 1.165) is 7.11 Å². The summed E-state index contributed by atoms with van der Waals surface area (Å²) in [7, 11) is 0.955. The Kier molecular flexibility index (Phi) is 12.1. The normalized spacial score (nSPS) is 42.3. The van der Waals surface area contributed by atoms with E-state index in [4.69, 9.17) is 43.2 Å². The highest BCUT2D eigenvalue weighted by Gasteiger charge is 2.70. The molecular formula is C39H57F6NO10. The molecule has 5 aliphatic heterocycles. The van der Waals surface area contributed by atoms with Crippen molar-refractivity contribution in [3.05, 3.63) is 23.5 Å². The molecule has 2 aliphatic carbocycles. The Morgan fingerprint density at radius 1 is 0.893 bits per heavy atom. The molecule has 13 atom stereocenters. The topological polar surface area (TPSA) is 116 Å². The second-order valence-electron chi connectivity index (χ2n) is 17.3. The van der Waals surface area contributed by atoms with E-state index in [1.807, 2.05) is 6.92 Å². The van der Waals surface area contributed by atoms with Gasteiger partial charge < -0.3 is 28.8 Å². The number of aliphatic imine (C=N–C) groups is 1. The molecular weight excluding hydrogens is 756 g/mol. The van der Waals surface area contributed by atoms with Gasteiger partial charge in [0.05, 0.1) is 13.2 Å². The van der Waals surface area contributed by atoms with Gasteiger partial charge in [-0.05, 0) is 89.0 Å². The molecule has 1 N–H and O–H groups in total. The summed E-state index contributed by atoms with van der Waals surface area (Å²) in [5, 5.41) is 10.6. The molecule has 0 amide bonds. The van der Waals surface area contributed by atoms with E-state index < -0.39 is 77.3 Å². The minimum absolute atomic E-state index is 0.0769. The number of nitrogens with zero attached hydrogens (tertiary/aromatic N) is 1. The number of aliphatic hydroxyl groups is 1. The SMILES string of the molecule is CO[C@](/N=C(\C)OC/C=C/COCC1=C(C(F)(F)F)O[C@@H]2O[C@]3(C)CC[C@H]4[C@H](C)CC[C@@H]1[C@@]24OO3)([C@H](C)[C@@H]1CC[C@@H](C)[C@@H]2CCC(C)(O)OO[C@]21C)C(F)(F)F. The largest absolute Gasteiger partial charge is 0.477 e. The first-order valence-electron chi connectivity index (χ1n) is 19.7. The predicted octanol–water partition coefficient (Wildman–Crippen LogP) is 8.47. The number of alkyl halides is 6. The van der Waals surface area contributed by atoms with Crippen molar-refractivity contribution >= 4 is 5.90 Å². The van der Waals surface area contributed by atoms with Gasteiger partial charge in [-0.3, -0.25) is 0 Å². The molecule has 320 valence electrons. The Balaban J connectivity index is 1.12. The van der Waals surface area contributed by atoms with E-state index in [2.05, 4.69) is 11.9 Å². The van der Waals surface area contributed by atoms with Crippen LogP contribution >= 0.6 is 0 Å². The van der Waals surface area contributed by atoms with Crippen molar-refractivity contribution in [3.8, 4) is 0 Å². The van der Waals surface area contributed by atoms with Crippen LogP contribution in [0.3, 0.4) is 0 Å². The third-order valence-corrected chi connectivity index (χ3v) is 13.6. The molecule has 0 aromatic carbocycles. The number of rotatable bonds is 10. The fraction of sp³-hybridized carbons (Fsp3) is 0.872. The third-order valence-electron chi connectivity index (χ3n) is 13.6. The van der Waals surface area contributed by atoms with Crippen molar-refractivity contribution in [3.63, 3.8) is 0 Å². The lowest BCUT2D eigenvalue weighted by atomic mass is 9.58. The second kappa shape index (κ2) is 15.6. The first-order valence-corrected chi connectivity index (χ1v) is 19.7. The smallest absolute Gasteiger partial charge is 0.449 e. The van der Waals surface area contributed by atoms with Gasteiger partial charge in [0.2, 0.25) is 17.8 Å². The van der Waals surface area contributed by atoms with Gasteiger partial charge in [-0.25, -0.2) is 24.5 Å². The van der Waals surface area contributed by atoms with Gasteiger partial charge >= 0.3 is 12.4 Å². The number of allylic oxidation sites excluding steroid dienone is 1. The van der Waals surface area contributed by atoms with Gasteiger partial charge in [0, 0.05) is 50.2 Å². The maximum atomic E-state index is 15.1. The fourth-order valence-electron chi connectivity index (χ4n) is 10.6. The summed E-state index contributed by atoms with van der Waals surface area (Å²) in [6.45, 7) is 10.9. The lowest BCUT2D eigenvalue weighted by Crippen LogP contribution is -2.67. The zero-order valence-corrected chi connectivity index (χ0v) is 33.4. The van der Waals surface area contributed by atoms with Crippen molar-refractivity contribution in [1.82, 2.24) is 0 Å². The van der Waals surface area contributed by atoms with Gasteiger partial charge in [0.1, 0.15) is 12.2 Å². The highest BCUT2D eigenvalue weighted by molar-refractivity contribution is 5.73. The summed E-state index contributed by atoms with van der Waals surface area (Å²) in [6, 6.07) is 0. The van der Waals surface area contributed by atoms with Gasteiger partial charge in [-0.1, -0.05) is 26.8 Å². The van der Waals surface area contributed by atoms with Crippen LogP contribution in [-0.4, -0.2) is 85.1 Å². The molecule has 5 heterocycles. The van der Waals surface area contributed by atoms with Crippen LogP contribution in [0.25, 0.3) is 0 Å². The third kappa shape index (κ3) is 7.77. The Morgan fingerprint density at radius 2 is 1.55 bits per heavy atom. The van der Waals surface area contributed by atoms with Crippen LogP contribution in [0.15, 0.2) is 28.5 Å². The van der Waals surface area contributed by atoms with Crippen LogP contribution in [0, 0.1) is 41.4 Å². The average Bonchev–Trinajstić information content (AvgIpc) is 3.41. The summed E-state index contributed by atoms with van der Waals surface area (Å²) in [4.78, 5) is 26.9. The Labute approximate surface area is 324 Å². The minimum atomic E-state index is -4.96. The van der Waals surface area contributed by atoms with E-state index >= 15 is 13.2 Å². The maximum Gasteiger partial charge on any atom is 0.449 e. The molecule has 2 saturated carbocycles. The number of ether oxygens (including phenoxy) is 5. The van der Waals surface area contributed by atoms with E-state index in [9.17, 15) is 18.3 Å². The molecule has 17 heteroatoms. The lowest BCUT2D eigenvalue weighted by molar-refractivity contribution is -0.557. The monoisotopic (exact) mass is 813 g/mol. The minimum Gasteiger partial charge on any atom is -0.477 e. The van der Waals surface area contributed by atoms with Gasteiger partial charge in [-0.2, -0.15) is 26.3 Å². The number of methoxy groups -OCH3 is 1. The van der Waals surface area contributed by atoms with Crippen LogP contribution in [0.4, 0.5) is 26.3 Å². The first kappa shape index (κ1) is 43.6. The molecule has 1 spiro atoms. The standard InChI is InChI=1S/C39H57F6NO10/c1-22-11-13-29(35(7)27(22)15-17-33(5,47)53-55-35)24(3)37(48-8,39(43,44)45)46-25(4)50-20-10-9-19-49-21-26-30-14-12-23(2)28-16-18-34(6)52-32(36(28,30)56-54-34)51-31(26)38(40,41)42/h9-10,22-24,27-30,32,47H,11-21H2,1-8H3/b10-9+,46-25+/t22-,23-,24-,27+,28+,29+,30+,32-,33?,34+,35-,36-,37-/m1/s1. The molecule has 0 aromatic heterocycles. The highest BCUT2D eigenvalue weighted by Crippen LogP contribution is 2.61. The summed E-state index contributed by atoms with van der Waals surface area (Å²) in [5.74, 6) is -7.08. The molecule has 56 heavy (non-hydrogen) atoms. The molecule has 7 aliphatic rings. The van der Waals surface area contributed by atoms with E-state index in [1.54, 1.807) is 13.8 Å². The summed E-state index contributed by atoms with van der Waals surface area (Å²) >= 11 is 0. The van der Waals surface area contributed by atoms with Gasteiger partial charge in [-0.15, -0.1) is 0 Å². The van der Waals surface area contributed by atoms with Crippen molar-refractivity contribution in [2.75, 3.05) is 26.9 Å². The highest BCUT2D eigenvalue weighted by atomic mass is 19.4. The Morgan fingerprint density at radius 3 is 2.23 bits per heavy atom. The average molecular weight is 814 g/mol. The Bertz CT molecular complexity index is 1520. The summed E-state index contributed by atoms with van der Waals surface area (Å²) < 4.78 is 117. The molecule has 6 fully saturated rings. The molecule has 1 unspecified atom stereocenters. The summed E-state index contributed by atoms with van der Waals surface area (Å²) in [5.41, 5.74) is -5.53. The number of hydrogen-bond acceptors (Lipinski definition) is 11. The molecule has 4 saturated heterocycles. The predicted molar refractivity (Wildman–Crippen MR) is 187 cm³/mol.